The zero-order valence-corrected chi connectivity index (χ0v) is 16.5. The zero-order valence-electron chi connectivity index (χ0n) is 16.5. The largest absolute Gasteiger partial charge is 0.497 e. The lowest BCUT2D eigenvalue weighted by Gasteiger charge is -2.09. The number of carbonyl (C=O) groups is 2. The second-order valence-electron chi connectivity index (χ2n) is 6.38. The first kappa shape index (κ1) is 19.9. The molecule has 3 aromatic rings. The van der Waals surface area contributed by atoms with Crippen LogP contribution in [-0.4, -0.2) is 29.7 Å². The van der Waals surface area contributed by atoms with Crippen LogP contribution in [0.1, 0.15) is 17.0 Å². The number of benzene rings is 2. The summed E-state index contributed by atoms with van der Waals surface area (Å²) in [7, 11) is 1.55. The highest BCUT2D eigenvalue weighted by atomic mass is 16.5. The lowest BCUT2D eigenvalue weighted by molar-refractivity contribution is -0.136. The minimum atomic E-state index is -0.853. The average molecular weight is 390 g/mol. The van der Waals surface area contributed by atoms with Gasteiger partial charge in [-0.2, -0.15) is 5.10 Å². The highest BCUT2D eigenvalue weighted by Gasteiger charge is 2.13. The molecule has 0 bridgehead atoms. The molecule has 148 valence electrons. The number of carbonyl (C=O) groups excluding carboxylic acids is 2. The first-order valence-corrected chi connectivity index (χ1v) is 9.02. The van der Waals surface area contributed by atoms with Crippen LogP contribution in [0.25, 0.3) is 5.69 Å². The van der Waals surface area contributed by atoms with Crippen molar-refractivity contribution < 1.29 is 14.3 Å². The van der Waals surface area contributed by atoms with Gasteiger partial charge in [0.25, 0.3) is 0 Å². The smallest absolute Gasteiger partial charge is 0.329 e. The summed E-state index contributed by atoms with van der Waals surface area (Å²) in [6.07, 6.45) is 1.53. The van der Waals surface area contributed by atoms with E-state index >= 15 is 0 Å². The lowest BCUT2D eigenvalue weighted by atomic mass is 10.2. The third kappa shape index (κ3) is 4.70. The summed E-state index contributed by atoms with van der Waals surface area (Å²) in [5.41, 5.74) is 6.66. The van der Waals surface area contributed by atoms with Crippen LogP contribution in [0, 0.1) is 13.8 Å². The van der Waals surface area contributed by atoms with E-state index in [-0.39, 0.29) is 0 Å². The molecule has 2 aromatic carbocycles. The summed E-state index contributed by atoms with van der Waals surface area (Å²) in [6, 6.07) is 18.6. The molecule has 29 heavy (non-hydrogen) atoms. The Labute approximate surface area is 169 Å². The number of aromatic nitrogens is 1. The van der Waals surface area contributed by atoms with Gasteiger partial charge in [0, 0.05) is 28.3 Å². The van der Waals surface area contributed by atoms with E-state index in [2.05, 4.69) is 20.4 Å². The maximum atomic E-state index is 12.0. The normalized spacial score (nSPS) is 10.7. The van der Waals surface area contributed by atoms with Crippen molar-refractivity contribution >= 4 is 23.7 Å². The van der Waals surface area contributed by atoms with E-state index < -0.39 is 11.8 Å². The molecule has 0 aliphatic rings. The Kier molecular flexibility index (Phi) is 6.09. The van der Waals surface area contributed by atoms with Crippen molar-refractivity contribution in [3.8, 4) is 11.4 Å². The van der Waals surface area contributed by atoms with Crippen molar-refractivity contribution in [3.05, 3.63) is 77.6 Å². The molecule has 3 rings (SSSR count). The number of hydrogen-bond donors (Lipinski definition) is 2. The number of nitrogens with one attached hydrogen (secondary N) is 2. The SMILES string of the molecule is COc1ccc(NC(=O)C(=O)N/N=C\c2cc(C)n(-c3ccccc3)c2C)cc1. The summed E-state index contributed by atoms with van der Waals surface area (Å²) in [4.78, 5) is 24.0. The highest BCUT2D eigenvalue weighted by Crippen LogP contribution is 2.19. The number of amides is 2. The Morgan fingerprint density at radius 1 is 1.00 bits per heavy atom. The van der Waals surface area contributed by atoms with Crippen LogP contribution in [0.15, 0.2) is 65.8 Å². The van der Waals surface area contributed by atoms with Crippen molar-refractivity contribution in [1.29, 1.82) is 0 Å². The van der Waals surface area contributed by atoms with Gasteiger partial charge in [0.2, 0.25) is 0 Å². The van der Waals surface area contributed by atoms with Gasteiger partial charge in [-0.25, -0.2) is 5.43 Å². The molecule has 7 nitrogen and oxygen atoms in total. The fourth-order valence-electron chi connectivity index (χ4n) is 2.97. The molecule has 2 N–H and O–H groups in total. The van der Waals surface area contributed by atoms with Gasteiger partial charge in [0.15, 0.2) is 0 Å². The highest BCUT2D eigenvalue weighted by molar-refractivity contribution is 6.39. The first-order chi connectivity index (χ1) is 14.0. The summed E-state index contributed by atoms with van der Waals surface area (Å²) >= 11 is 0. The number of ether oxygens (including phenoxy) is 1. The van der Waals surface area contributed by atoms with Crippen molar-refractivity contribution in [2.45, 2.75) is 13.8 Å². The molecular weight excluding hydrogens is 368 g/mol. The molecule has 0 aliphatic heterocycles. The second-order valence-corrected chi connectivity index (χ2v) is 6.38. The summed E-state index contributed by atoms with van der Waals surface area (Å²) in [5, 5.41) is 6.43. The van der Waals surface area contributed by atoms with Crippen LogP contribution in [-0.2, 0) is 9.59 Å². The Hall–Kier alpha value is -3.87. The van der Waals surface area contributed by atoms with Gasteiger partial charge in [-0.1, -0.05) is 18.2 Å². The molecule has 0 spiro atoms. The predicted octanol–water partition coefficient (Wildman–Crippen LogP) is 3.19. The van der Waals surface area contributed by atoms with Crippen LogP contribution >= 0.6 is 0 Å². The topological polar surface area (TPSA) is 84.7 Å². The van der Waals surface area contributed by atoms with Crippen molar-refractivity contribution in [3.63, 3.8) is 0 Å². The van der Waals surface area contributed by atoms with Gasteiger partial charge in [-0.05, 0) is 56.3 Å². The Morgan fingerprint density at radius 3 is 2.34 bits per heavy atom. The molecule has 0 atom stereocenters. The summed E-state index contributed by atoms with van der Waals surface area (Å²) in [6.45, 7) is 3.97. The zero-order chi connectivity index (χ0) is 20.8. The molecule has 0 unspecified atom stereocenters. The Balaban J connectivity index is 1.63. The van der Waals surface area contributed by atoms with Crippen LogP contribution in [0.2, 0.25) is 0 Å². The van der Waals surface area contributed by atoms with Gasteiger partial charge in [-0.15, -0.1) is 0 Å². The molecule has 1 heterocycles. The maximum Gasteiger partial charge on any atom is 0.329 e. The van der Waals surface area contributed by atoms with E-state index in [0.29, 0.717) is 11.4 Å². The number of anilines is 1. The number of aryl methyl sites for hydroxylation is 1. The van der Waals surface area contributed by atoms with E-state index in [1.54, 1.807) is 31.4 Å². The molecular formula is C22H22N4O3. The fourth-order valence-corrected chi connectivity index (χ4v) is 2.97. The molecule has 0 saturated carbocycles. The van der Waals surface area contributed by atoms with Crippen molar-refractivity contribution in [2.24, 2.45) is 5.10 Å². The fraction of sp³-hybridized carbons (Fsp3) is 0.136. The maximum absolute atomic E-state index is 12.0. The molecule has 0 aliphatic carbocycles. The lowest BCUT2D eigenvalue weighted by Crippen LogP contribution is -2.32. The summed E-state index contributed by atoms with van der Waals surface area (Å²) < 4.78 is 7.15. The van der Waals surface area contributed by atoms with Crippen LogP contribution in [0.5, 0.6) is 5.75 Å². The third-order valence-electron chi connectivity index (χ3n) is 4.41. The predicted molar refractivity (Wildman–Crippen MR) is 113 cm³/mol. The molecule has 1 aromatic heterocycles. The van der Waals surface area contributed by atoms with Crippen molar-refractivity contribution in [2.75, 3.05) is 12.4 Å². The second kappa shape index (κ2) is 8.88. The quantitative estimate of drug-likeness (QED) is 0.399. The monoisotopic (exact) mass is 390 g/mol. The molecule has 0 radical (unpaired) electrons. The third-order valence-corrected chi connectivity index (χ3v) is 4.41. The molecule has 7 heteroatoms. The van der Waals surface area contributed by atoms with Crippen LogP contribution in [0.4, 0.5) is 5.69 Å². The van der Waals surface area contributed by atoms with Gasteiger partial charge in [0.05, 0.1) is 13.3 Å². The van der Waals surface area contributed by atoms with Gasteiger partial charge in [-0.3, -0.25) is 9.59 Å². The number of methoxy groups -OCH3 is 1. The number of hydrogen-bond acceptors (Lipinski definition) is 4. The van der Waals surface area contributed by atoms with Crippen LogP contribution < -0.4 is 15.5 Å². The molecule has 0 saturated heterocycles. The molecule has 2 amide bonds. The van der Waals surface area contributed by atoms with E-state index in [0.717, 1.165) is 22.6 Å². The van der Waals surface area contributed by atoms with Gasteiger partial charge in [0.1, 0.15) is 5.75 Å². The number of para-hydroxylation sites is 1. The van der Waals surface area contributed by atoms with E-state index in [1.807, 2.05) is 50.2 Å². The van der Waals surface area contributed by atoms with Gasteiger partial charge < -0.3 is 14.6 Å². The standard InChI is InChI=1S/C22H22N4O3/c1-15-13-17(16(2)26(15)19-7-5-4-6-8-19)14-23-25-22(28)21(27)24-18-9-11-20(29-3)12-10-18/h4-14H,1-3H3,(H,24,27)(H,25,28)/b23-14-. The average Bonchev–Trinajstić information content (AvgIpc) is 3.02. The van der Waals surface area contributed by atoms with Crippen molar-refractivity contribution in [1.82, 2.24) is 9.99 Å². The number of nitrogens with zero attached hydrogens (tertiary/aromatic N) is 2. The number of hydrazone groups is 1. The minimum absolute atomic E-state index is 0.487. The molecule has 0 fully saturated rings. The first-order valence-electron chi connectivity index (χ1n) is 9.02. The van der Waals surface area contributed by atoms with E-state index in [9.17, 15) is 9.59 Å². The van der Waals surface area contributed by atoms with E-state index in [1.165, 1.54) is 6.21 Å². The number of rotatable bonds is 5. The van der Waals surface area contributed by atoms with Gasteiger partial charge >= 0.3 is 11.8 Å². The Morgan fingerprint density at radius 2 is 1.69 bits per heavy atom. The summed E-state index contributed by atoms with van der Waals surface area (Å²) in [5.74, 6) is -0.999. The van der Waals surface area contributed by atoms with E-state index in [4.69, 9.17) is 4.74 Å². The van der Waals surface area contributed by atoms with Crippen LogP contribution in [0.3, 0.4) is 0 Å². The minimum Gasteiger partial charge on any atom is -0.497 e. The Bertz CT molecular complexity index is 1040.